The van der Waals surface area contributed by atoms with Crippen LogP contribution < -0.4 is 4.74 Å². The Kier molecular flexibility index (Phi) is 4.41. The van der Waals surface area contributed by atoms with Gasteiger partial charge in [0, 0.05) is 11.4 Å². The Balaban J connectivity index is 2.70. The van der Waals surface area contributed by atoms with Gasteiger partial charge in [-0.2, -0.15) is 5.26 Å². The topological polar surface area (TPSA) is 33.0 Å². The molecule has 2 nitrogen and oxygen atoms in total. The van der Waals surface area contributed by atoms with Crippen LogP contribution in [0.4, 0.5) is 4.39 Å². The van der Waals surface area contributed by atoms with Gasteiger partial charge in [-0.25, -0.2) is 4.39 Å². The molecule has 14 heavy (non-hydrogen) atoms. The number of nitrogens with zero attached hydrogens (tertiary/aromatic N) is 1. The highest BCUT2D eigenvalue weighted by atomic mass is 79.9. The van der Waals surface area contributed by atoms with Gasteiger partial charge in [0.25, 0.3) is 0 Å². The summed E-state index contributed by atoms with van der Waals surface area (Å²) in [4.78, 5) is 0. The monoisotopic (exact) mass is 257 g/mol. The zero-order valence-corrected chi connectivity index (χ0v) is 9.05. The summed E-state index contributed by atoms with van der Waals surface area (Å²) in [5.41, 5.74) is 0.403. The van der Waals surface area contributed by atoms with Gasteiger partial charge in [-0.15, -0.1) is 0 Å². The lowest BCUT2D eigenvalue weighted by molar-refractivity contribution is 0.302. The van der Waals surface area contributed by atoms with Gasteiger partial charge in [0.1, 0.15) is 0 Å². The molecular weight excluding hydrogens is 249 g/mol. The van der Waals surface area contributed by atoms with E-state index < -0.39 is 5.82 Å². The fourth-order valence-electron chi connectivity index (χ4n) is 0.920. The maximum Gasteiger partial charge on any atom is 0.165 e. The van der Waals surface area contributed by atoms with Crippen LogP contribution in [0.15, 0.2) is 18.2 Å². The van der Waals surface area contributed by atoms with Gasteiger partial charge in [-0.3, -0.25) is 0 Å². The molecule has 74 valence electrons. The van der Waals surface area contributed by atoms with Crippen molar-refractivity contribution >= 4 is 15.9 Å². The van der Waals surface area contributed by atoms with Gasteiger partial charge in [0.2, 0.25) is 0 Å². The Morgan fingerprint density at radius 2 is 2.29 bits per heavy atom. The molecule has 0 bridgehead atoms. The first-order valence-electron chi connectivity index (χ1n) is 4.16. The summed E-state index contributed by atoms with van der Waals surface area (Å²) < 4.78 is 18.3. The summed E-state index contributed by atoms with van der Waals surface area (Å²) in [7, 11) is 0. The summed E-state index contributed by atoms with van der Waals surface area (Å²) in [5.74, 6) is -0.288. The zero-order chi connectivity index (χ0) is 10.4. The van der Waals surface area contributed by atoms with Crippen LogP contribution >= 0.6 is 15.9 Å². The zero-order valence-electron chi connectivity index (χ0n) is 7.46. The predicted octanol–water partition coefficient (Wildman–Crippen LogP) is 2.86. The summed E-state index contributed by atoms with van der Waals surface area (Å²) in [5, 5.41) is 9.40. The molecule has 0 saturated heterocycles. The molecule has 0 radical (unpaired) electrons. The van der Waals surface area contributed by atoms with Crippen molar-refractivity contribution in [2.45, 2.75) is 6.42 Å². The Morgan fingerprint density at radius 1 is 1.50 bits per heavy atom. The third-order valence-corrected chi connectivity index (χ3v) is 2.16. The molecule has 0 saturated carbocycles. The number of benzene rings is 1. The number of ether oxygens (including phenoxy) is 1. The van der Waals surface area contributed by atoms with E-state index in [9.17, 15) is 4.39 Å². The molecule has 1 rings (SSSR count). The average Bonchev–Trinajstić information content (AvgIpc) is 2.21. The predicted molar refractivity (Wildman–Crippen MR) is 55.0 cm³/mol. The van der Waals surface area contributed by atoms with Crippen LogP contribution in [-0.4, -0.2) is 11.9 Å². The summed E-state index contributed by atoms with van der Waals surface area (Å²) in [6.07, 6.45) is 0.802. The molecule has 1 aromatic carbocycles. The van der Waals surface area contributed by atoms with Crippen LogP contribution in [0.2, 0.25) is 0 Å². The Morgan fingerprint density at radius 3 is 2.93 bits per heavy atom. The molecule has 0 heterocycles. The Hall–Kier alpha value is -1.08. The highest BCUT2D eigenvalue weighted by Gasteiger charge is 2.03. The molecule has 0 fully saturated rings. The lowest BCUT2D eigenvalue weighted by Gasteiger charge is -2.05. The average molecular weight is 258 g/mol. The number of hydrogen-bond donors (Lipinski definition) is 0. The largest absolute Gasteiger partial charge is 0.490 e. The smallest absolute Gasteiger partial charge is 0.165 e. The summed E-state index contributed by atoms with van der Waals surface area (Å²) >= 11 is 3.24. The SMILES string of the molecule is N#Cc1ccc(F)c(OCCCBr)c1. The van der Waals surface area contributed by atoms with Crippen molar-refractivity contribution in [1.82, 2.24) is 0 Å². The van der Waals surface area contributed by atoms with Gasteiger partial charge in [-0.05, 0) is 18.6 Å². The van der Waals surface area contributed by atoms with E-state index in [0.29, 0.717) is 12.2 Å². The van der Waals surface area contributed by atoms with E-state index in [1.165, 1.54) is 18.2 Å². The molecule has 0 aliphatic carbocycles. The lowest BCUT2D eigenvalue weighted by Crippen LogP contribution is -1.99. The van der Waals surface area contributed by atoms with E-state index in [-0.39, 0.29) is 5.75 Å². The second kappa shape index (κ2) is 5.61. The molecule has 0 unspecified atom stereocenters. The van der Waals surface area contributed by atoms with E-state index in [2.05, 4.69) is 15.9 Å². The molecule has 0 aromatic heterocycles. The van der Waals surface area contributed by atoms with E-state index in [0.717, 1.165) is 11.8 Å². The van der Waals surface area contributed by atoms with Crippen molar-refractivity contribution in [3.05, 3.63) is 29.6 Å². The summed E-state index contributed by atoms with van der Waals surface area (Å²) in [6, 6.07) is 6.00. The molecule has 0 amide bonds. The van der Waals surface area contributed by atoms with E-state index in [4.69, 9.17) is 10.00 Å². The number of rotatable bonds is 4. The quantitative estimate of drug-likeness (QED) is 0.614. The van der Waals surface area contributed by atoms with E-state index >= 15 is 0 Å². The number of halogens is 2. The maximum absolute atomic E-state index is 13.1. The minimum atomic E-state index is -0.432. The fraction of sp³-hybridized carbons (Fsp3) is 0.300. The van der Waals surface area contributed by atoms with Gasteiger partial charge in [0.05, 0.1) is 18.2 Å². The third kappa shape index (κ3) is 3.00. The van der Waals surface area contributed by atoms with Gasteiger partial charge < -0.3 is 4.74 Å². The second-order valence-corrected chi connectivity index (χ2v) is 3.44. The highest BCUT2D eigenvalue weighted by Crippen LogP contribution is 2.18. The number of alkyl halides is 1. The molecule has 0 spiro atoms. The van der Waals surface area contributed by atoms with Crippen LogP contribution in [0.1, 0.15) is 12.0 Å². The molecule has 0 aliphatic heterocycles. The fourth-order valence-corrected chi connectivity index (χ4v) is 1.15. The first kappa shape index (κ1) is 11.0. The van der Waals surface area contributed by atoms with Gasteiger partial charge in [-0.1, -0.05) is 15.9 Å². The van der Waals surface area contributed by atoms with Crippen LogP contribution in [0.3, 0.4) is 0 Å². The van der Waals surface area contributed by atoms with Crippen LogP contribution in [0, 0.1) is 17.1 Å². The van der Waals surface area contributed by atoms with Crippen molar-refractivity contribution in [1.29, 1.82) is 5.26 Å². The Bertz CT molecular complexity index is 348. The number of hydrogen-bond acceptors (Lipinski definition) is 2. The molecule has 0 N–H and O–H groups in total. The second-order valence-electron chi connectivity index (χ2n) is 2.65. The number of nitriles is 1. The summed E-state index contributed by atoms with van der Waals surface area (Å²) in [6.45, 7) is 0.442. The van der Waals surface area contributed by atoms with Crippen molar-refractivity contribution < 1.29 is 9.13 Å². The highest BCUT2D eigenvalue weighted by molar-refractivity contribution is 9.09. The third-order valence-electron chi connectivity index (χ3n) is 1.60. The first-order valence-corrected chi connectivity index (χ1v) is 5.28. The van der Waals surface area contributed by atoms with Crippen LogP contribution in [0.5, 0.6) is 5.75 Å². The minimum Gasteiger partial charge on any atom is -0.490 e. The standard InChI is InChI=1S/C10H9BrFNO/c11-4-1-5-14-10-6-8(7-13)2-3-9(10)12/h2-3,6H,1,4-5H2. The Labute approximate surface area is 90.4 Å². The van der Waals surface area contributed by atoms with Crippen LogP contribution in [-0.2, 0) is 0 Å². The van der Waals surface area contributed by atoms with E-state index in [1.54, 1.807) is 0 Å². The van der Waals surface area contributed by atoms with Gasteiger partial charge >= 0.3 is 0 Å². The normalized spacial score (nSPS) is 9.50. The molecule has 0 aliphatic rings. The first-order chi connectivity index (χ1) is 6.77. The van der Waals surface area contributed by atoms with Crippen molar-refractivity contribution in [3.8, 4) is 11.8 Å². The minimum absolute atomic E-state index is 0.144. The van der Waals surface area contributed by atoms with Crippen molar-refractivity contribution in [2.24, 2.45) is 0 Å². The molecule has 4 heteroatoms. The lowest BCUT2D eigenvalue weighted by atomic mass is 10.2. The van der Waals surface area contributed by atoms with Crippen molar-refractivity contribution in [2.75, 3.05) is 11.9 Å². The molecule has 1 aromatic rings. The maximum atomic E-state index is 13.1. The van der Waals surface area contributed by atoms with Crippen LogP contribution in [0.25, 0.3) is 0 Å². The molecule has 0 atom stereocenters. The van der Waals surface area contributed by atoms with Gasteiger partial charge in [0.15, 0.2) is 11.6 Å². The molecular formula is C10H9BrFNO. The van der Waals surface area contributed by atoms with Crippen molar-refractivity contribution in [3.63, 3.8) is 0 Å². The van der Waals surface area contributed by atoms with E-state index in [1.807, 2.05) is 6.07 Å².